The Kier molecular flexibility index (Phi) is 7.52. The minimum Gasteiger partial charge on any atom is -0.341 e. The highest BCUT2D eigenvalue weighted by atomic mass is 15.2. The summed E-state index contributed by atoms with van der Waals surface area (Å²) < 4.78 is 0. The summed E-state index contributed by atoms with van der Waals surface area (Å²) in [5, 5.41) is 3.44. The maximum absolute atomic E-state index is 4.69. The first-order valence-corrected chi connectivity index (χ1v) is 7.93. The van der Waals surface area contributed by atoms with E-state index in [4.69, 9.17) is 0 Å². The van der Waals surface area contributed by atoms with Crippen molar-refractivity contribution in [1.82, 2.24) is 15.3 Å². The summed E-state index contributed by atoms with van der Waals surface area (Å²) in [6.45, 7) is 14.8. The van der Waals surface area contributed by atoms with Crippen LogP contribution in [0.3, 0.4) is 0 Å². The highest BCUT2D eigenvalue weighted by Gasteiger charge is 2.11. The van der Waals surface area contributed by atoms with Crippen LogP contribution in [0, 0.1) is 13.8 Å². The molecule has 114 valence electrons. The van der Waals surface area contributed by atoms with Crippen molar-refractivity contribution in [3.05, 3.63) is 17.0 Å². The molecule has 0 bridgehead atoms. The number of rotatable bonds is 9. The fourth-order valence-electron chi connectivity index (χ4n) is 2.42. The van der Waals surface area contributed by atoms with Gasteiger partial charge in [-0.15, -0.1) is 0 Å². The standard InChI is InChI=1S/C16H30N4/c1-6-11-17-12-9-10-15-13(4)18-16(19-14(15)5)20(7-2)8-3/h17H,6-12H2,1-5H3. The van der Waals surface area contributed by atoms with E-state index in [1.807, 2.05) is 0 Å². The third-order valence-electron chi connectivity index (χ3n) is 3.66. The number of hydrogen-bond donors (Lipinski definition) is 1. The van der Waals surface area contributed by atoms with Crippen molar-refractivity contribution in [2.75, 3.05) is 31.1 Å². The van der Waals surface area contributed by atoms with E-state index in [0.29, 0.717) is 0 Å². The smallest absolute Gasteiger partial charge is 0.225 e. The Labute approximate surface area is 124 Å². The molecule has 0 aliphatic carbocycles. The lowest BCUT2D eigenvalue weighted by molar-refractivity contribution is 0.636. The first-order chi connectivity index (χ1) is 9.63. The van der Waals surface area contributed by atoms with Gasteiger partial charge in [0.25, 0.3) is 0 Å². The number of aryl methyl sites for hydroxylation is 2. The Balaban J connectivity index is 2.69. The van der Waals surface area contributed by atoms with Gasteiger partial charge in [-0.25, -0.2) is 9.97 Å². The third-order valence-corrected chi connectivity index (χ3v) is 3.66. The molecule has 0 amide bonds. The van der Waals surface area contributed by atoms with Gasteiger partial charge < -0.3 is 10.2 Å². The van der Waals surface area contributed by atoms with E-state index in [2.05, 4.69) is 54.8 Å². The summed E-state index contributed by atoms with van der Waals surface area (Å²) in [7, 11) is 0. The predicted molar refractivity (Wildman–Crippen MR) is 86.5 cm³/mol. The van der Waals surface area contributed by atoms with Crippen LogP contribution in [0.2, 0.25) is 0 Å². The molecule has 1 rings (SSSR count). The number of aromatic nitrogens is 2. The van der Waals surface area contributed by atoms with Gasteiger partial charge in [-0.1, -0.05) is 6.92 Å². The van der Waals surface area contributed by atoms with Gasteiger partial charge in [0, 0.05) is 24.5 Å². The van der Waals surface area contributed by atoms with Crippen LogP contribution < -0.4 is 10.2 Å². The molecule has 0 fully saturated rings. The molecule has 1 N–H and O–H groups in total. The van der Waals surface area contributed by atoms with E-state index >= 15 is 0 Å². The summed E-state index contributed by atoms with van der Waals surface area (Å²) in [4.78, 5) is 11.6. The molecule has 4 nitrogen and oxygen atoms in total. The summed E-state index contributed by atoms with van der Waals surface area (Å²) in [6, 6.07) is 0. The van der Waals surface area contributed by atoms with Crippen molar-refractivity contribution in [2.24, 2.45) is 0 Å². The highest BCUT2D eigenvalue weighted by Crippen LogP contribution is 2.16. The van der Waals surface area contributed by atoms with Gasteiger partial charge in [0.05, 0.1) is 0 Å². The molecule has 0 aliphatic rings. The molecule has 1 aromatic heterocycles. The minimum absolute atomic E-state index is 0.873. The van der Waals surface area contributed by atoms with Gasteiger partial charge in [-0.05, 0) is 65.6 Å². The van der Waals surface area contributed by atoms with Crippen molar-refractivity contribution in [3.63, 3.8) is 0 Å². The number of nitrogens with one attached hydrogen (secondary N) is 1. The summed E-state index contributed by atoms with van der Waals surface area (Å²) in [6.07, 6.45) is 3.41. The lowest BCUT2D eigenvalue weighted by Crippen LogP contribution is -2.25. The van der Waals surface area contributed by atoms with Crippen molar-refractivity contribution in [1.29, 1.82) is 0 Å². The summed E-state index contributed by atoms with van der Waals surface area (Å²) >= 11 is 0. The average molecular weight is 278 g/mol. The maximum Gasteiger partial charge on any atom is 0.225 e. The van der Waals surface area contributed by atoms with Crippen LogP contribution in [-0.4, -0.2) is 36.1 Å². The molecule has 0 spiro atoms. The topological polar surface area (TPSA) is 41.1 Å². The lowest BCUT2D eigenvalue weighted by Gasteiger charge is -2.20. The Morgan fingerprint density at radius 2 is 1.55 bits per heavy atom. The Bertz CT molecular complexity index is 376. The zero-order chi connectivity index (χ0) is 15.0. The Morgan fingerprint density at radius 1 is 0.950 bits per heavy atom. The lowest BCUT2D eigenvalue weighted by atomic mass is 10.1. The minimum atomic E-state index is 0.873. The number of anilines is 1. The second-order valence-electron chi connectivity index (χ2n) is 5.20. The van der Waals surface area contributed by atoms with Crippen molar-refractivity contribution in [2.45, 2.75) is 53.9 Å². The van der Waals surface area contributed by atoms with Gasteiger partial charge in [-0.3, -0.25) is 0 Å². The van der Waals surface area contributed by atoms with E-state index in [1.54, 1.807) is 0 Å². The van der Waals surface area contributed by atoms with Crippen LogP contribution in [0.1, 0.15) is 50.6 Å². The van der Waals surface area contributed by atoms with Gasteiger partial charge in [-0.2, -0.15) is 0 Å². The Hall–Kier alpha value is -1.16. The highest BCUT2D eigenvalue weighted by molar-refractivity contribution is 5.36. The third kappa shape index (κ3) is 4.75. The molecule has 1 heterocycles. The monoisotopic (exact) mass is 278 g/mol. The molecule has 0 radical (unpaired) electrons. The van der Waals surface area contributed by atoms with E-state index in [1.165, 1.54) is 12.0 Å². The molecule has 0 aromatic carbocycles. The first kappa shape index (κ1) is 16.9. The van der Waals surface area contributed by atoms with E-state index in [0.717, 1.165) is 56.4 Å². The molecule has 0 saturated heterocycles. The van der Waals surface area contributed by atoms with Crippen molar-refractivity contribution in [3.8, 4) is 0 Å². The zero-order valence-corrected chi connectivity index (χ0v) is 13.8. The SMILES string of the molecule is CCCNCCCc1c(C)nc(N(CC)CC)nc1C. The number of hydrogen-bond acceptors (Lipinski definition) is 4. The average Bonchev–Trinajstić information content (AvgIpc) is 2.42. The molecule has 4 heteroatoms. The van der Waals surface area contributed by atoms with Crippen LogP contribution >= 0.6 is 0 Å². The van der Waals surface area contributed by atoms with E-state index < -0.39 is 0 Å². The molecule has 0 saturated carbocycles. The van der Waals surface area contributed by atoms with Gasteiger partial charge in [0.15, 0.2) is 0 Å². The van der Waals surface area contributed by atoms with E-state index in [9.17, 15) is 0 Å². The Morgan fingerprint density at radius 3 is 2.05 bits per heavy atom. The molecule has 0 atom stereocenters. The largest absolute Gasteiger partial charge is 0.341 e. The van der Waals surface area contributed by atoms with Crippen molar-refractivity contribution >= 4 is 5.95 Å². The molecule has 0 aliphatic heterocycles. The summed E-state index contributed by atoms with van der Waals surface area (Å²) in [5.41, 5.74) is 3.59. The van der Waals surface area contributed by atoms with Crippen LogP contribution in [0.15, 0.2) is 0 Å². The molecule has 20 heavy (non-hydrogen) atoms. The summed E-state index contributed by atoms with van der Waals surface area (Å²) in [5.74, 6) is 0.873. The zero-order valence-electron chi connectivity index (χ0n) is 13.8. The van der Waals surface area contributed by atoms with Crippen LogP contribution in [-0.2, 0) is 6.42 Å². The van der Waals surface area contributed by atoms with Crippen molar-refractivity contribution < 1.29 is 0 Å². The van der Waals surface area contributed by atoms with Gasteiger partial charge >= 0.3 is 0 Å². The first-order valence-electron chi connectivity index (χ1n) is 7.93. The second kappa shape index (κ2) is 8.90. The molecular formula is C16H30N4. The van der Waals surface area contributed by atoms with Crippen LogP contribution in [0.5, 0.6) is 0 Å². The van der Waals surface area contributed by atoms with Crippen LogP contribution in [0.4, 0.5) is 5.95 Å². The van der Waals surface area contributed by atoms with Gasteiger partial charge in [0.2, 0.25) is 5.95 Å². The van der Waals surface area contributed by atoms with E-state index in [-0.39, 0.29) is 0 Å². The normalized spacial score (nSPS) is 10.8. The fourth-order valence-corrected chi connectivity index (χ4v) is 2.42. The predicted octanol–water partition coefficient (Wildman–Crippen LogP) is 2.87. The van der Waals surface area contributed by atoms with Crippen LogP contribution in [0.25, 0.3) is 0 Å². The second-order valence-corrected chi connectivity index (χ2v) is 5.20. The fraction of sp³-hybridized carbons (Fsp3) is 0.750. The quantitative estimate of drug-likeness (QED) is 0.705. The number of nitrogens with zero attached hydrogens (tertiary/aromatic N) is 3. The van der Waals surface area contributed by atoms with Gasteiger partial charge in [0.1, 0.15) is 0 Å². The molecule has 0 unspecified atom stereocenters. The molecular weight excluding hydrogens is 248 g/mol. The maximum atomic E-state index is 4.69. The molecule has 1 aromatic rings.